The number of sulfonamides is 1. The van der Waals surface area contributed by atoms with Crippen LogP contribution in [0, 0.1) is 0 Å². The summed E-state index contributed by atoms with van der Waals surface area (Å²) >= 11 is 12.5. The Morgan fingerprint density at radius 3 is 2.66 bits per heavy atom. The van der Waals surface area contributed by atoms with E-state index in [0.29, 0.717) is 35.4 Å². The molecule has 1 amide bonds. The molecule has 10 heteroatoms. The minimum atomic E-state index is -3.59. The summed E-state index contributed by atoms with van der Waals surface area (Å²) in [5.41, 5.74) is 1.14. The molecular formula is C22H23Cl2N3O4S. The number of carbonyl (C=O) groups is 1. The predicted octanol–water partition coefficient (Wildman–Crippen LogP) is 3.29. The summed E-state index contributed by atoms with van der Waals surface area (Å²) in [5, 5.41) is 4.14. The highest BCUT2D eigenvalue weighted by Gasteiger charge is 2.36. The van der Waals surface area contributed by atoms with Crippen molar-refractivity contribution in [3.63, 3.8) is 0 Å². The molecule has 0 aromatic heterocycles. The van der Waals surface area contributed by atoms with Gasteiger partial charge in [0.15, 0.2) is 0 Å². The van der Waals surface area contributed by atoms with Crippen LogP contribution in [0.15, 0.2) is 52.4 Å². The summed E-state index contributed by atoms with van der Waals surface area (Å²) in [5.74, 6) is 0.0988. The van der Waals surface area contributed by atoms with Gasteiger partial charge in [-0.3, -0.25) is 14.5 Å². The second-order valence-electron chi connectivity index (χ2n) is 7.88. The van der Waals surface area contributed by atoms with Crippen LogP contribution >= 0.6 is 23.2 Å². The van der Waals surface area contributed by atoms with E-state index >= 15 is 0 Å². The number of benzene rings is 2. The summed E-state index contributed by atoms with van der Waals surface area (Å²) in [6.45, 7) is 1.75. The number of aliphatic imine (C=N–C) groups is 1. The molecule has 2 aliphatic rings. The van der Waals surface area contributed by atoms with Crippen LogP contribution in [0.25, 0.3) is 0 Å². The van der Waals surface area contributed by atoms with E-state index in [9.17, 15) is 13.2 Å². The minimum Gasteiger partial charge on any atom is -0.381 e. The number of amides is 1. The van der Waals surface area contributed by atoms with Gasteiger partial charge in [-0.1, -0.05) is 41.4 Å². The Morgan fingerprint density at radius 1 is 1.16 bits per heavy atom. The highest BCUT2D eigenvalue weighted by molar-refractivity contribution is 7.90. The molecule has 0 spiro atoms. The Hall–Kier alpha value is -2.13. The summed E-state index contributed by atoms with van der Waals surface area (Å²) in [4.78, 5) is 17.0. The highest BCUT2D eigenvalue weighted by atomic mass is 35.5. The van der Waals surface area contributed by atoms with Gasteiger partial charge in [0.05, 0.1) is 11.4 Å². The van der Waals surface area contributed by atoms with Crippen LogP contribution < -0.4 is 10.0 Å². The normalized spacial score (nSPS) is 19.9. The molecule has 0 bridgehead atoms. The molecule has 0 radical (unpaired) electrons. The van der Waals surface area contributed by atoms with Crippen molar-refractivity contribution >= 4 is 45.0 Å². The molecule has 4 rings (SSSR count). The van der Waals surface area contributed by atoms with Crippen molar-refractivity contribution in [1.82, 2.24) is 10.0 Å². The van der Waals surface area contributed by atoms with Crippen LogP contribution in [0.3, 0.4) is 0 Å². The van der Waals surface area contributed by atoms with Crippen LogP contribution in [-0.2, 0) is 25.0 Å². The second-order valence-corrected chi connectivity index (χ2v) is 10.4. The van der Waals surface area contributed by atoms with E-state index in [1.807, 2.05) is 6.07 Å². The third-order valence-electron chi connectivity index (χ3n) is 5.85. The number of nitrogens with zero attached hydrogens (tertiary/aromatic N) is 1. The number of nitrogens with one attached hydrogen (secondary N) is 2. The summed E-state index contributed by atoms with van der Waals surface area (Å²) < 4.78 is 32.3. The van der Waals surface area contributed by atoms with Crippen molar-refractivity contribution in [2.45, 2.75) is 29.6 Å². The van der Waals surface area contributed by atoms with Gasteiger partial charge in [0.1, 0.15) is 5.84 Å². The molecule has 2 aromatic carbocycles. The van der Waals surface area contributed by atoms with Crippen LogP contribution in [0.1, 0.15) is 30.4 Å². The first-order valence-electron chi connectivity index (χ1n) is 10.3. The van der Waals surface area contributed by atoms with Gasteiger partial charge in [-0.05, 0) is 42.7 Å². The maximum absolute atomic E-state index is 12.5. The van der Waals surface area contributed by atoms with Gasteiger partial charge in [0.2, 0.25) is 5.91 Å². The fourth-order valence-corrected chi connectivity index (χ4v) is 5.96. The number of hydrogen-bond donors (Lipinski definition) is 2. The lowest BCUT2D eigenvalue weighted by atomic mass is 9.74. The zero-order valence-corrected chi connectivity index (χ0v) is 19.6. The van der Waals surface area contributed by atoms with Crippen molar-refractivity contribution in [3.8, 4) is 0 Å². The van der Waals surface area contributed by atoms with Crippen molar-refractivity contribution in [3.05, 3.63) is 63.6 Å². The average molecular weight is 496 g/mol. The van der Waals surface area contributed by atoms with Gasteiger partial charge in [-0.2, -0.15) is 0 Å². The van der Waals surface area contributed by atoms with Crippen LogP contribution in [0.2, 0.25) is 10.0 Å². The molecule has 2 heterocycles. The van der Waals surface area contributed by atoms with Crippen molar-refractivity contribution in [1.29, 1.82) is 0 Å². The lowest BCUT2D eigenvalue weighted by Gasteiger charge is -2.38. The van der Waals surface area contributed by atoms with Crippen molar-refractivity contribution < 1.29 is 17.9 Å². The van der Waals surface area contributed by atoms with Crippen LogP contribution in [-0.4, -0.2) is 46.5 Å². The largest absolute Gasteiger partial charge is 0.381 e. The molecule has 170 valence electrons. The van der Waals surface area contributed by atoms with Crippen molar-refractivity contribution in [2.24, 2.45) is 4.99 Å². The first kappa shape index (κ1) is 23.0. The van der Waals surface area contributed by atoms with E-state index in [4.69, 9.17) is 27.9 Å². The Morgan fingerprint density at radius 2 is 1.91 bits per heavy atom. The smallest absolute Gasteiger partial charge is 0.263 e. The number of rotatable bonds is 6. The number of amidine groups is 1. The fraction of sp³-hybridized carbons (Fsp3) is 0.364. The summed E-state index contributed by atoms with van der Waals surface area (Å²) in [7, 11) is -3.59. The monoisotopic (exact) mass is 495 g/mol. The van der Waals surface area contributed by atoms with Gasteiger partial charge in [-0.15, -0.1) is 0 Å². The van der Waals surface area contributed by atoms with Gasteiger partial charge in [0, 0.05) is 47.2 Å². The first-order valence-corrected chi connectivity index (χ1v) is 12.5. The molecule has 0 saturated carbocycles. The summed E-state index contributed by atoms with van der Waals surface area (Å²) in [6, 6.07) is 12.1. The number of ether oxygens (including phenoxy) is 1. The highest BCUT2D eigenvalue weighted by Crippen LogP contribution is 2.39. The summed E-state index contributed by atoms with van der Waals surface area (Å²) in [6.07, 6.45) is 1.60. The first-order chi connectivity index (χ1) is 15.3. The molecule has 0 aliphatic carbocycles. The third-order valence-corrected chi connectivity index (χ3v) is 7.79. The Labute approximate surface area is 197 Å². The molecule has 1 fully saturated rings. The maximum atomic E-state index is 12.5. The molecule has 7 nitrogen and oxygen atoms in total. The Bertz CT molecular complexity index is 1160. The van der Waals surface area contributed by atoms with E-state index < -0.39 is 10.0 Å². The average Bonchev–Trinajstić information content (AvgIpc) is 3.03. The molecule has 2 aliphatic heterocycles. The van der Waals surface area contributed by atoms with Gasteiger partial charge in [-0.25, -0.2) is 8.42 Å². The lowest BCUT2D eigenvalue weighted by Crippen LogP contribution is -2.45. The molecule has 0 unspecified atom stereocenters. The van der Waals surface area contributed by atoms with E-state index in [0.717, 1.165) is 18.4 Å². The Balaban J connectivity index is 1.40. The predicted molar refractivity (Wildman–Crippen MR) is 124 cm³/mol. The number of carbonyl (C=O) groups excluding carboxylic acids is 1. The number of halogens is 2. The standard InChI is InChI=1S/C22H23Cl2N3O4S/c23-15-5-6-17(18(24)13-15)22(8-11-31-12-9-22)14-26-20(28)7-10-25-21-16-3-1-2-4-19(16)32(29,30)27-21/h1-6,13H,7-12,14H2,(H,25,27)(H,26,28). The minimum absolute atomic E-state index is 0.133. The van der Waals surface area contributed by atoms with Gasteiger partial charge in [0.25, 0.3) is 10.0 Å². The van der Waals surface area contributed by atoms with Crippen LogP contribution in [0.4, 0.5) is 0 Å². The van der Waals surface area contributed by atoms with E-state index in [1.165, 1.54) is 6.07 Å². The Kier molecular flexibility index (Phi) is 6.76. The number of hydrogen-bond acceptors (Lipinski definition) is 5. The molecule has 2 N–H and O–H groups in total. The van der Waals surface area contributed by atoms with E-state index in [-0.39, 0.29) is 35.0 Å². The lowest BCUT2D eigenvalue weighted by molar-refractivity contribution is -0.121. The maximum Gasteiger partial charge on any atom is 0.263 e. The van der Waals surface area contributed by atoms with Crippen LogP contribution in [0.5, 0.6) is 0 Å². The molecule has 2 aromatic rings. The van der Waals surface area contributed by atoms with Crippen molar-refractivity contribution in [2.75, 3.05) is 26.3 Å². The van der Waals surface area contributed by atoms with E-state index in [1.54, 1.807) is 30.3 Å². The molecule has 32 heavy (non-hydrogen) atoms. The zero-order valence-electron chi connectivity index (χ0n) is 17.2. The SMILES string of the molecule is O=C(CCN=C1NS(=O)(=O)c2ccccc21)NCC1(c2ccc(Cl)cc2Cl)CCOCC1. The molecule has 0 atom stereocenters. The van der Waals surface area contributed by atoms with Gasteiger partial charge >= 0.3 is 0 Å². The van der Waals surface area contributed by atoms with Gasteiger partial charge < -0.3 is 10.1 Å². The molecular weight excluding hydrogens is 473 g/mol. The second kappa shape index (κ2) is 9.39. The zero-order chi connectivity index (χ0) is 22.8. The topological polar surface area (TPSA) is 96.9 Å². The third kappa shape index (κ3) is 4.78. The molecule has 1 saturated heterocycles. The number of fused-ring (bicyclic) bond motifs is 1. The fourth-order valence-electron chi connectivity index (χ4n) is 4.10. The quantitative estimate of drug-likeness (QED) is 0.642. The van der Waals surface area contributed by atoms with E-state index in [2.05, 4.69) is 15.0 Å².